The van der Waals surface area contributed by atoms with E-state index in [0.29, 0.717) is 29.2 Å². The van der Waals surface area contributed by atoms with E-state index in [0.717, 1.165) is 4.47 Å². The SMILES string of the molecule is O=C(COc1c(Br)cc(Br)cc1Br)N/N=C/c1cc(Br)c(O)c(Br)c1. The Bertz CT molecular complexity index is 796. The predicted octanol–water partition coefficient (Wildman–Crippen LogP) is 5.73. The first-order valence-corrected chi connectivity index (χ1v) is 10.5. The van der Waals surface area contributed by atoms with Gasteiger partial charge in [0.2, 0.25) is 0 Å². The van der Waals surface area contributed by atoms with E-state index >= 15 is 0 Å². The Morgan fingerprint density at radius 3 is 2.16 bits per heavy atom. The van der Waals surface area contributed by atoms with Crippen LogP contribution in [0.3, 0.4) is 0 Å². The molecule has 0 aliphatic rings. The fraction of sp³-hybridized carbons (Fsp3) is 0.0667. The average molecular weight is 665 g/mol. The number of halogens is 5. The van der Waals surface area contributed by atoms with Gasteiger partial charge in [0.25, 0.3) is 5.91 Å². The first-order chi connectivity index (χ1) is 11.8. The van der Waals surface area contributed by atoms with Crippen LogP contribution in [0.4, 0.5) is 0 Å². The number of phenols is 1. The highest BCUT2D eigenvalue weighted by Gasteiger charge is 2.10. The molecule has 0 saturated carbocycles. The first-order valence-electron chi connectivity index (χ1n) is 6.55. The molecule has 0 radical (unpaired) electrons. The minimum atomic E-state index is -0.408. The standard InChI is InChI=1S/C15H9Br5N2O3/c16-8-3-11(19)15(12(20)4-8)25-6-13(23)22-21-5-7-1-9(17)14(24)10(18)2-7/h1-5,24H,6H2,(H,22,23)/b21-5+. The van der Waals surface area contributed by atoms with Crippen LogP contribution in [0.15, 0.2) is 51.7 Å². The van der Waals surface area contributed by atoms with E-state index in [-0.39, 0.29) is 12.4 Å². The van der Waals surface area contributed by atoms with Crippen molar-refractivity contribution in [2.75, 3.05) is 6.61 Å². The van der Waals surface area contributed by atoms with Crippen LogP contribution in [0.25, 0.3) is 0 Å². The van der Waals surface area contributed by atoms with Gasteiger partial charge in [0.15, 0.2) is 6.61 Å². The van der Waals surface area contributed by atoms with Crippen molar-refractivity contribution in [1.82, 2.24) is 5.43 Å². The highest BCUT2D eigenvalue weighted by Crippen LogP contribution is 2.36. The Hall–Kier alpha value is -0.420. The van der Waals surface area contributed by atoms with Crippen molar-refractivity contribution in [2.45, 2.75) is 0 Å². The third-order valence-electron chi connectivity index (χ3n) is 2.75. The quantitative estimate of drug-likeness (QED) is 0.317. The molecule has 2 aromatic carbocycles. The Kier molecular flexibility index (Phi) is 7.93. The average Bonchev–Trinajstić information content (AvgIpc) is 2.51. The van der Waals surface area contributed by atoms with Gasteiger partial charge in [-0.15, -0.1) is 0 Å². The van der Waals surface area contributed by atoms with Gasteiger partial charge in [-0.05, 0) is 93.5 Å². The highest BCUT2D eigenvalue weighted by atomic mass is 79.9. The lowest BCUT2D eigenvalue weighted by Crippen LogP contribution is -2.24. The smallest absolute Gasteiger partial charge is 0.277 e. The van der Waals surface area contributed by atoms with Crippen LogP contribution >= 0.6 is 79.6 Å². The first kappa shape index (κ1) is 20.9. The summed E-state index contributed by atoms with van der Waals surface area (Å²) in [5, 5.41) is 13.5. The third-order valence-corrected chi connectivity index (χ3v) is 5.60. The van der Waals surface area contributed by atoms with E-state index in [9.17, 15) is 9.90 Å². The maximum absolute atomic E-state index is 11.8. The molecule has 0 aliphatic carbocycles. The van der Waals surface area contributed by atoms with E-state index in [1.54, 1.807) is 12.1 Å². The number of hydrogen-bond donors (Lipinski definition) is 2. The maximum atomic E-state index is 11.8. The van der Waals surface area contributed by atoms with Gasteiger partial charge in [-0.1, -0.05) is 15.9 Å². The summed E-state index contributed by atoms with van der Waals surface area (Å²) < 4.78 is 8.82. The lowest BCUT2D eigenvalue weighted by atomic mass is 10.2. The molecule has 0 atom stereocenters. The van der Waals surface area contributed by atoms with Gasteiger partial charge in [0, 0.05) is 4.47 Å². The summed E-state index contributed by atoms with van der Waals surface area (Å²) in [4.78, 5) is 11.8. The minimum absolute atomic E-state index is 0.0974. The second-order valence-electron chi connectivity index (χ2n) is 4.61. The summed E-state index contributed by atoms with van der Waals surface area (Å²) in [7, 11) is 0. The number of nitrogens with one attached hydrogen (secondary N) is 1. The topological polar surface area (TPSA) is 70.9 Å². The number of rotatable bonds is 5. The van der Waals surface area contributed by atoms with Gasteiger partial charge in [0.05, 0.1) is 24.1 Å². The van der Waals surface area contributed by atoms with Crippen LogP contribution in [0.2, 0.25) is 0 Å². The highest BCUT2D eigenvalue weighted by molar-refractivity contribution is 9.12. The summed E-state index contributed by atoms with van der Waals surface area (Å²) in [6.45, 7) is -0.195. The largest absolute Gasteiger partial charge is 0.506 e. The van der Waals surface area contributed by atoms with Crippen molar-refractivity contribution in [2.24, 2.45) is 5.10 Å². The molecule has 0 bridgehead atoms. The van der Waals surface area contributed by atoms with Gasteiger partial charge in [-0.3, -0.25) is 4.79 Å². The van der Waals surface area contributed by atoms with E-state index in [1.807, 2.05) is 12.1 Å². The molecule has 25 heavy (non-hydrogen) atoms. The molecule has 1 amide bonds. The summed E-state index contributed by atoms with van der Waals surface area (Å²) in [5.74, 6) is 0.212. The van der Waals surface area contributed by atoms with Crippen molar-refractivity contribution in [1.29, 1.82) is 0 Å². The Balaban J connectivity index is 1.93. The van der Waals surface area contributed by atoms with Crippen molar-refractivity contribution >= 4 is 91.8 Å². The van der Waals surface area contributed by atoms with Crippen molar-refractivity contribution in [3.63, 3.8) is 0 Å². The lowest BCUT2D eigenvalue weighted by Gasteiger charge is -2.10. The molecule has 10 heteroatoms. The zero-order valence-electron chi connectivity index (χ0n) is 12.2. The maximum Gasteiger partial charge on any atom is 0.277 e. The fourth-order valence-electron chi connectivity index (χ4n) is 1.68. The van der Waals surface area contributed by atoms with Crippen molar-refractivity contribution in [3.8, 4) is 11.5 Å². The lowest BCUT2D eigenvalue weighted by molar-refractivity contribution is -0.123. The number of aromatic hydroxyl groups is 1. The van der Waals surface area contributed by atoms with Gasteiger partial charge >= 0.3 is 0 Å². The molecule has 0 heterocycles. The molecule has 0 aromatic heterocycles. The minimum Gasteiger partial charge on any atom is -0.506 e. The predicted molar refractivity (Wildman–Crippen MR) is 114 cm³/mol. The number of benzene rings is 2. The molecule has 0 fully saturated rings. The molecular weight excluding hydrogens is 656 g/mol. The summed E-state index contributed by atoms with van der Waals surface area (Å²) in [5.41, 5.74) is 3.07. The number of amides is 1. The van der Waals surface area contributed by atoms with Crippen LogP contribution in [0.1, 0.15) is 5.56 Å². The fourth-order valence-corrected chi connectivity index (χ4v) is 5.38. The number of nitrogens with zero attached hydrogens (tertiary/aromatic N) is 1. The second-order valence-corrected chi connectivity index (χ2v) is 8.95. The molecule has 2 aromatic rings. The molecule has 0 spiro atoms. The van der Waals surface area contributed by atoms with E-state index in [4.69, 9.17) is 4.74 Å². The molecule has 2 N–H and O–H groups in total. The Morgan fingerprint density at radius 2 is 1.60 bits per heavy atom. The Labute approximate surface area is 185 Å². The van der Waals surface area contributed by atoms with Gasteiger partial charge < -0.3 is 9.84 Å². The van der Waals surface area contributed by atoms with Crippen LogP contribution in [0, 0.1) is 0 Å². The zero-order valence-corrected chi connectivity index (χ0v) is 20.1. The molecule has 0 saturated heterocycles. The summed E-state index contributed by atoms with van der Waals surface area (Å²) in [6, 6.07) is 6.97. The molecule has 0 aliphatic heterocycles. The van der Waals surface area contributed by atoms with E-state index < -0.39 is 5.91 Å². The number of ether oxygens (including phenoxy) is 1. The van der Waals surface area contributed by atoms with Crippen LogP contribution in [0.5, 0.6) is 11.5 Å². The number of phenolic OH excluding ortho intramolecular Hbond substituents is 1. The number of hydrazone groups is 1. The summed E-state index contributed by atoms with van der Waals surface area (Å²) in [6.07, 6.45) is 1.46. The van der Waals surface area contributed by atoms with Gasteiger partial charge in [-0.25, -0.2) is 5.43 Å². The van der Waals surface area contributed by atoms with Crippen molar-refractivity contribution in [3.05, 3.63) is 52.2 Å². The zero-order chi connectivity index (χ0) is 18.6. The van der Waals surface area contributed by atoms with Gasteiger partial charge in [-0.2, -0.15) is 5.10 Å². The summed E-state index contributed by atoms with van der Waals surface area (Å²) >= 11 is 16.6. The molecule has 0 unspecified atom stereocenters. The number of carbonyl (C=O) groups excluding carboxylic acids is 1. The molecule has 5 nitrogen and oxygen atoms in total. The van der Waals surface area contributed by atoms with Crippen molar-refractivity contribution < 1.29 is 14.6 Å². The van der Waals surface area contributed by atoms with E-state index in [2.05, 4.69) is 90.2 Å². The second kappa shape index (κ2) is 9.50. The normalized spacial score (nSPS) is 10.9. The monoisotopic (exact) mass is 660 g/mol. The molecule has 2 rings (SSSR count). The van der Waals surface area contributed by atoms with Crippen LogP contribution in [-0.2, 0) is 4.79 Å². The van der Waals surface area contributed by atoms with Gasteiger partial charge in [0.1, 0.15) is 11.5 Å². The number of hydrogen-bond acceptors (Lipinski definition) is 4. The molecular formula is C15H9Br5N2O3. The van der Waals surface area contributed by atoms with E-state index in [1.165, 1.54) is 6.21 Å². The number of carbonyl (C=O) groups is 1. The Morgan fingerprint density at radius 1 is 1.04 bits per heavy atom. The van der Waals surface area contributed by atoms with Crippen LogP contribution < -0.4 is 10.2 Å². The van der Waals surface area contributed by atoms with Crippen LogP contribution in [-0.4, -0.2) is 23.8 Å². The third kappa shape index (κ3) is 6.06. The molecule has 132 valence electrons.